The Morgan fingerprint density at radius 1 is 1.14 bits per heavy atom. The Morgan fingerprint density at radius 3 is 2.50 bits per heavy atom. The summed E-state index contributed by atoms with van der Waals surface area (Å²) >= 11 is 6.31. The van der Waals surface area contributed by atoms with Crippen molar-refractivity contribution in [1.82, 2.24) is 24.6 Å². The van der Waals surface area contributed by atoms with Crippen molar-refractivity contribution in [3.05, 3.63) is 40.4 Å². The van der Waals surface area contributed by atoms with E-state index in [0.29, 0.717) is 62.7 Å². The quantitative estimate of drug-likeness (QED) is 0.594. The molecule has 0 spiro atoms. The average molecular weight is 519 g/mol. The number of carbonyl (C=O) groups excluding carboxylic acids is 1. The van der Waals surface area contributed by atoms with E-state index >= 15 is 0 Å². The molecule has 36 heavy (non-hydrogen) atoms. The molecule has 3 heterocycles. The second kappa shape index (κ2) is 8.45. The zero-order valence-electron chi connectivity index (χ0n) is 19.6. The van der Waals surface area contributed by atoms with Gasteiger partial charge in [0.1, 0.15) is 11.2 Å². The highest BCUT2D eigenvalue weighted by atomic mass is 35.5. The molecule has 2 aliphatic carbocycles. The van der Waals surface area contributed by atoms with Crippen LogP contribution < -0.4 is 0 Å². The van der Waals surface area contributed by atoms with E-state index < -0.39 is 17.5 Å². The van der Waals surface area contributed by atoms with Gasteiger partial charge in [0, 0.05) is 36.6 Å². The molecule has 190 valence electrons. The van der Waals surface area contributed by atoms with Crippen LogP contribution in [0.3, 0.4) is 0 Å². The Labute approximate surface area is 211 Å². The molecule has 6 rings (SSSR count). The number of halogens is 4. The molecule has 7 nitrogen and oxygen atoms in total. The van der Waals surface area contributed by atoms with Gasteiger partial charge in [-0.05, 0) is 62.3 Å². The van der Waals surface area contributed by atoms with Crippen LogP contribution in [-0.4, -0.2) is 55.8 Å². The molecule has 0 radical (unpaired) electrons. The van der Waals surface area contributed by atoms with Crippen LogP contribution in [0.1, 0.15) is 61.7 Å². The van der Waals surface area contributed by atoms with Gasteiger partial charge in [0.25, 0.3) is 0 Å². The third kappa shape index (κ3) is 3.97. The molecule has 0 bridgehead atoms. The van der Waals surface area contributed by atoms with Crippen molar-refractivity contribution in [2.45, 2.75) is 69.8 Å². The number of nitrogens with zero attached hydrogens (tertiary/aromatic N) is 6. The average Bonchev–Trinajstić information content (AvgIpc) is 3.54. The monoisotopic (exact) mass is 518 g/mol. The van der Waals surface area contributed by atoms with Gasteiger partial charge >= 0.3 is 6.18 Å². The van der Waals surface area contributed by atoms with Crippen molar-refractivity contribution in [1.29, 1.82) is 5.26 Å². The molecule has 1 aromatic heterocycles. The highest BCUT2D eigenvalue weighted by molar-refractivity contribution is 6.30. The number of amides is 1. The summed E-state index contributed by atoms with van der Waals surface area (Å²) in [5.41, 5.74) is 1.03. The lowest BCUT2D eigenvalue weighted by Gasteiger charge is -2.43. The fraction of sp³-hybridized carbons (Fsp3) is 0.600. The minimum atomic E-state index is -4.15. The Morgan fingerprint density at radius 2 is 1.86 bits per heavy atom. The SMILES string of the molecule is N#CC1(C(=O)N2CCC(c3nnc4n3-c3ccc(Cl)cc3CN(C3CC(C(F)(F)F)C3)C4)CC2)CC1. The van der Waals surface area contributed by atoms with E-state index in [0.717, 1.165) is 17.1 Å². The number of likely N-dealkylation sites (tertiary alicyclic amines) is 1. The van der Waals surface area contributed by atoms with Gasteiger partial charge in [-0.3, -0.25) is 14.3 Å². The lowest BCUT2D eigenvalue weighted by atomic mass is 9.78. The minimum absolute atomic E-state index is 0.0585. The van der Waals surface area contributed by atoms with E-state index in [1.165, 1.54) is 0 Å². The topological polar surface area (TPSA) is 78.0 Å². The molecular weight excluding hydrogens is 493 g/mol. The van der Waals surface area contributed by atoms with Crippen molar-refractivity contribution in [3.8, 4) is 11.8 Å². The molecule has 2 aliphatic heterocycles. The van der Waals surface area contributed by atoms with Gasteiger partial charge in [-0.15, -0.1) is 10.2 Å². The van der Waals surface area contributed by atoms with E-state index in [2.05, 4.69) is 21.2 Å². The zero-order chi connectivity index (χ0) is 25.2. The normalized spacial score (nSPS) is 25.8. The van der Waals surface area contributed by atoms with E-state index in [1.54, 1.807) is 4.90 Å². The third-order valence-corrected chi connectivity index (χ3v) is 8.60. The molecule has 3 fully saturated rings. The standard InChI is InChI=1S/C25H26ClF3N6O/c26-18-1-2-20-16(9-18)12-34(19-10-17(11-19)25(27,28)29)13-21-31-32-22(35(20)21)15-3-7-33(8-4-15)23(36)24(14-30)5-6-24/h1-2,9,15,17,19H,3-8,10-13H2. The summed E-state index contributed by atoms with van der Waals surface area (Å²) in [6.45, 7) is 2.04. The van der Waals surface area contributed by atoms with Crippen LogP contribution in [0.15, 0.2) is 18.2 Å². The lowest BCUT2D eigenvalue weighted by molar-refractivity contribution is -0.207. The molecule has 0 atom stereocenters. The number of alkyl halides is 3. The fourth-order valence-corrected chi connectivity index (χ4v) is 6.06. The zero-order valence-corrected chi connectivity index (χ0v) is 20.4. The number of piperidine rings is 1. The van der Waals surface area contributed by atoms with Gasteiger partial charge in [0.2, 0.25) is 5.91 Å². The number of nitriles is 1. The number of benzene rings is 1. The summed E-state index contributed by atoms with van der Waals surface area (Å²) in [6.07, 6.45) is -1.25. The molecule has 11 heteroatoms. The molecule has 1 aromatic carbocycles. The molecule has 1 saturated heterocycles. The maximum absolute atomic E-state index is 13.1. The number of hydrogen-bond donors (Lipinski definition) is 0. The number of carbonyl (C=O) groups is 1. The molecule has 2 aromatic rings. The number of rotatable bonds is 3. The first-order chi connectivity index (χ1) is 17.2. The van der Waals surface area contributed by atoms with Crippen LogP contribution >= 0.6 is 11.6 Å². The van der Waals surface area contributed by atoms with Crippen LogP contribution in [0, 0.1) is 22.7 Å². The van der Waals surface area contributed by atoms with E-state index in [4.69, 9.17) is 11.6 Å². The smallest absolute Gasteiger partial charge is 0.341 e. The Bertz CT molecular complexity index is 1240. The Kier molecular flexibility index (Phi) is 5.57. The predicted molar refractivity (Wildman–Crippen MR) is 124 cm³/mol. The highest BCUT2D eigenvalue weighted by Crippen LogP contribution is 2.48. The van der Waals surface area contributed by atoms with Gasteiger partial charge < -0.3 is 4.90 Å². The van der Waals surface area contributed by atoms with Crippen LogP contribution in [0.2, 0.25) is 5.02 Å². The molecule has 0 N–H and O–H groups in total. The summed E-state index contributed by atoms with van der Waals surface area (Å²) in [5.74, 6) is 0.298. The summed E-state index contributed by atoms with van der Waals surface area (Å²) in [4.78, 5) is 16.6. The predicted octanol–water partition coefficient (Wildman–Crippen LogP) is 4.59. The second-order valence-electron chi connectivity index (χ2n) is 10.6. The summed E-state index contributed by atoms with van der Waals surface area (Å²) in [7, 11) is 0. The van der Waals surface area contributed by atoms with Gasteiger partial charge in [0.15, 0.2) is 5.82 Å². The fourth-order valence-electron chi connectivity index (χ4n) is 5.87. The molecule has 1 amide bonds. The van der Waals surface area contributed by atoms with Crippen LogP contribution in [0.4, 0.5) is 13.2 Å². The van der Waals surface area contributed by atoms with E-state index in [-0.39, 0.29) is 30.7 Å². The van der Waals surface area contributed by atoms with Crippen LogP contribution in [-0.2, 0) is 17.9 Å². The number of fused-ring (bicyclic) bond motifs is 3. The van der Waals surface area contributed by atoms with Crippen molar-refractivity contribution < 1.29 is 18.0 Å². The maximum Gasteiger partial charge on any atom is 0.391 e. The van der Waals surface area contributed by atoms with Crippen molar-refractivity contribution in [2.75, 3.05) is 13.1 Å². The van der Waals surface area contributed by atoms with Crippen molar-refractivity contribution in [3.63, 3.8) is 0 Å². The lowest BCUT2D eigenvalue weighted by Crippen LogP contribution is -2.48. The van der Waals surface area contributed by atoms with Gasteiger partial charge in [-0.2, -0.15) is 18.4 Å². The third-order valence-electron chi connectivity index (χ3n) is 8.37. The largest absolute Gasteiger partial charge is 0.391 e. The first-order valence-electron chi connectivity index (χ1n) is 12.4. The molecule has 4 aliphatic rings. The van der Waals surface area contributed by atoms with Crippen LogP contribution in [0.25, 0.3) is 5.69 Å². The maximum atomic E-state index is 13.1. The molecular formula is C25H26ClF3N6O. The number of hydrogen-bond acceptors (Lipinski definition) is 5. The second-order valence-corrected chi connectivity index (χ2v) is 11.0. The first-order valence-corrected chi connectivity index (χ1v) is 12.8. The van der Waals surface area contributed by atoms with Gasteiger partial charge in [0.05, 0.1) is 24.2 Å². The van der Waals surface area contributed by atoms with Crippen molar-refractivity contribution >= 4 is 17.5 Å². The summed E-state index contributed by atoms with van der Waals surface area (Å²) in [6, 6.07) is 7.64. The minimum Gasteiger partial charge on any atom is -0.341 e. The van der Waals surface area contributed by atoms with Gasteiger partial charge in [-0.1, -0.05) is 11.6 Å². The summed E-state index contributed by atoms with van der Waals surface area (Å²) in [5, 5.41) is 19.0. The van der Waals surface area contributed by atoms with Gasteiger partial charge in [-0.25, -0.2) is 0 Å². The number of aromatic nitrogens is 3. The molecule has 0 unspecified atom stereocenters. The summed E-state index contributed by atoms with van der Waals surface area (Å²) < 4.78 is 41.4. The van der Waals surface area contributed by atoms with Crippen LogP contribution in [0.5, 0.6) is 0 Å². The Balaban J connectivity index is 1.25. The Hall–Kier alpha value is -2.64. The van der Waals surface area contributed by atoms with E-state index in [9.17, 15) is 23.2 Å². The van der Waals surface area contributed by atoms with E-state index in [1.807, 2.05) is 22.8 Å². The first kappa shape index (κ1) is 23.7. The van der Waals surface area contributed by atoms with Crippen molar-refractivity contribution in [2.24, 2.45) is 11.3 Å². The highest BCUT2D eigenvalue weighted by Gasteiger charge is 2.53. The molecule has 2 saturated carbocycles.